The number of nitrogens with zero attached hydrogens (tertiary/aromatic N) is 1. The number of urea groups is 1. The average molecular weight is 421 g/mol. The van der Waals surface area contributed by atoms with Gasteiger partial charge in [-0.3, -0.25) is 4.79 Å². The smallest absolute Gasteiger partial charge is 0.321 e. The Morgan fingerprint density at radius 2 is 2.03 bits per heavy atom. The van der Waals surface area contributed by atoms with Crippen molar-refractivity contribution in [3.8, 4) is 0 Å². The fourth-order valence-electron chi connectivity index (χ4n) is 4.20. The van der Waals surface area contributed by atoms with Crippen molar-refractivity contribution in [1.82, 2.24) is 10.2 Å². The Hall–Kier alpha value is -2.44. The topological polar surface area (TPSA) is 69.6 Å². The van der Waals surface area contributed by atoms with E-state index in [1.807, 2.05) is 25.1 Å². The fourth-order valence-corrected chi connectivity index (χ4v) is 4.20. The van der Waals surface area contributed by atoms with Crippen molar-refractivity contribution in [2.75, 3.05) is 6.54 Å². The van der Waals surface area contributed by atoms with E-state index in [9.17, 15) is 18.4 Å². The first-order chi connectivity index (χ1) is 14.0. The predicted molar refractivity (Wildman–Crippen MR) is 110 cm³/mol. The van der Waals surface area contributed by atoms with Crippen molar-refractivity contribution in [1.29, 1.82) is 0 Å². The van der Waals surface area contributed by atoms with Gasteiger partial charge in [-0.15, -0.1) is 0 Å². The highest BCUT2D eigenvalue weighted by atomic mass is 19.3. The number of aryl methyl sites for hydroxylation is 1. The number of rotatable bonds is 7. The number of amides is 2. The van der Waals surface area contributed by atoms with Crippen LogP contribution in [-0.2, 0) is 11.2 Å². The van der Waals surface area contributed by atoms with Crippen LogP contribution in [0.15, 0.2) is 30.0 Å². The lowest BCUT2D eigenvalue weighted by molar-refractivity contribution is -0.137. The number of benzene rings is 1. The highest BCUT2D eigenvalue weighted by Gasteiger charge is 2.44. The summed E-state index contributed by atoms with van der Waals surface area (Å²) < 4.78 is 26.2. The first kappa shape index (κ1) is 22.2. The lowest BCUT2D eigenvalue weighted by Gasteiger charge is -2.35. The SMILES string of the molecule is Cc1cc(C2CC(C(C)C)=CN(CCC(=O)O)C(=O)N2)ccc1CC1CC(F)(F)C1. The summed E-state index contributed by atoms with van der Waals surface area (Å²) in [7, 11) is 0. The molecule has 1 aromatic rings. The van der Waals surface area contributed by atoms with Crippen LogP contribution in [0.4, 0.5) is 13.6 Å². The largest absolute Gasteiger partial charge is 0.481 e. The minimum Gasteiger partial charge on any atom is -0.481 e. The number of nitrogens with one attached hydrogen (secondary N) is 1. The van der Waals surface area contributed by atoms with Gasteiger partial charge >= 0.3 is 12.0 Å². The second-order valence-corrected chi connectivity index (χ2v) is 8.92. The zero-order chi connectivity index (χ0) is 22.1. The third-order valence-corrected chi connectivity index (χ3v) is 6.08. The van der Waals surface area contributed by atoms with E-state index in [2.05, 4.69) is 19.2 Å². The third-order valence-electron chi connectivity index (χ3n) is 6.08. The van der Waals surface area contributed by atoms with Crippen molar-refractivity contribution >= 4 is 12.0 Å². The van der Waals surface area contributed by atoms with Gasteiger partial charge in [-0.2, -0.15) is 0 Å². The highest BCUT2D eigenvalue weighted by Crippen LogP contribution is 2.44. The first-order valence-electron chi connectivity index (χ1n) is 10.5. The summed E-state index contributed by atoms with van der Waals surface area (Å²) in [5, 5.41) is 12.0. The molecule has 1 aromatic carbocycles. The molecule has 0 aromatic heterocycles. The Kier molecular flexibility index (Phi) is 6.48. The number of halogens is 2. The number of hydrogen-bond acceptors (Lipinski definition) is 2. The normalized spacial score (nSPS) is 21.7. The molecule has 1 fully saturated rings. The van der Waals surface area contributed by atoms with Crippen LogP contribution in [0.2, 0.25) is 0 Å². The summed E-state index contributed by atoms with van der Waals surface area (Å²) in [5.41, 5.74) is 4.15. The molecule has 0 saturated heterocycles. The van der Waals surface area contributed by atoms with Gasteiger partial charge < -0.3 is 15.3 Å². The second-order valence-electron chi connectivity index (χ2n) is 8.92. The molecule has 2 N–H and O–H groups in total. The van der Waals surface area contributed by atoms with Crippen LogP contribution in [0.3, 0.4) is 0 Å². The predicted octanol–water partition coefficient (Wildman–Crippen LogP) is 5.05. The molecule has 0 radical (unpaired) electrons. The van der Waals surface area contributed by atoms with Crippen molar-refractivity contribution in [2.24, 2.45) is 11.8 Å². The maximum Gasteiger partial charge on any atom is 0.321 e. The minimum absolute atomic E-state index is 0.0282. The summed E-state index contributed by atoms with van der Waals surface area (Å²) in [6.45, 7) is 6.20. The Balaban J connectivity index is 1.75. The molecule has 1 saturated carbocycles. The van der Waals surface area contributed by atoms with Gasteiger partial charge in [-0.25, -0.2) is 13.6 Å². The highest BCUT2D eigenvalue weighted by molar-refractivity contribution is 5.77. The van der Waals surface area contributed by atoms with Crippen LogP contribution in [0.25, 0.3) is 0 Å². The van der Waals surface area contributed by atoms with Gasteiger partial charge in [0.1, 0.15) is 0 Å². The zero-order valence-corrected chi connectivity index (χ0v) is 17.8. The number of carboxylic acids is 1. The van der Waals surface area contributed by atoms with Crippen LogP contribution in [0.5, 0.6) is 0 Å². The van der Waals surface area contributed by atoms with Gasteiger partial charge in [0.2, 0.25) is 5.92 Å². The van der Waals surface area contributed by atoms with Crippen LogP contribution < -0.4 is 5.32 Å². The van der Waals surface area contributed by atoms with E-state index >= 15 is 0 Å². The molecule has 7 heteroatoms. The molecule has 0 spiro atoms. The molecule has 1 unspecified atom stereocenters. The Labute approximate surface area is 176 Å². The second kappa shape index (κ2) is 8.74. The van der Waals surface area contributed by atoms with E-state index in [0.717, 1.165) is 22.3 Å². The van der Waals surface area contributed by atoms with Gasteiger partial charge in [-0.1, -0.05) is 32.0 Å². The lowest BCUT2D eigenvalue weighted by atomic mass is 9.77. The molecule has 1 aliphatic heterocycles. The molecule has 2 aliphatic rings. The van der Waals surface area contributed by atoms with E-state index < -0.39 is 11.9 Å². The summed E-state index contributed by atoms with van der Waals surface area (Å²) in [6, 6.07) is 5.45. The molecule has 1 atom stereocenters. The van der Waals surface area contributed by atoms with E-state index in [0.29, 0.717) is 12.8 Å². The molecule has 1 heterocycles. The van der Waals surface area contributed by atoms with Crippen molar-refractivity contribution in [3.63, 3.8) is 0 Å². The molecule has 164 valence electrons. The molecule has 0 bridgehead atoms. The van der Waals surface area contributed by atoms with Crippen LogP contribution >= 0.6 is 0 Å². The lowest BCUT2D eigenvalue weighted by Crippen LogP contribution is -2.38. The molecule has 5 nitrogen and oxygen atoms in total. The molecule has 2 amide bonds. The van der Waals surface area contributed by atoms with E-state index in [-0.39, 0.29) is 49.7 Å². The minimum atomic E-state index is -2.50. The number of aliphatic carboxylic acids is 1. The van der Waals surface area contributed by atoms with Gasteiger partial charge in [-0.05, 0) is 53.9 Å². The maximum absolute atomic E-state index is 13.1. The Morgan fingerprint density at radius 1 is 1.33 bits per heavy atom. The fraction of sp³-hybridized carbons (Fsp3) is 0.565. The zero-order valence-electron chi connectivity index (χ0n) is 17.8. The quantitative estimate of drug-likeness (QED) is 0.648. The molecule has 1 aliphatic carbocycles. The molecule has 3 rings (SSSR count). The van der Waals surface area contributed by atoms with Crippen LogP contribution in [0, 0.1) is 18.8 Å². The summed E-state index contributed by atoms with van der Waals surface area (Å²) >= 11 is 0. The Bertz CT molecular complexity index is 843. The summed E-state index contributed by atoms with van der Waals surface area (Å²) in [5.74, 6) is -3.21. The first-order valence-corrected chi connectivity index (χ1v) is 10.5. The van der Waals surface area contributed by atoms with Crippen molar-refractivity contribution in [2.45, 2.75) is 64.8 Å². The van der Waals surface area contributed by atoms with Gasteiger partial charge in [0.05, 0.1) is 12.5 Å². The molecular weight excluding hydrogens is 390 g/mol. The average Bonchev–Trinajstić information content (AvgIpc) is 2.79. The number of hydrogen-bond donors (Lipinski definition) is 2. The third kappa shape index (κ3) is 5.37. The van der Waals surface area contributed by atoms with E-state index in [1.54, 1.807) is 6.20 Å². The molecule has 30 heavy (non-hydrogen) atoms. The maximum atomic E-state index is 13.1. The Morgan fingerprint density at radius 3 is 2.60 bits per heavy atom. The number of alkyl halides is 2. The molecular formula is C23H30F2N2O3. The van der Waals surface area contributed by atoms with Crippen molar-refractivity contribution in [3.05, 3.63) is 46.7 Å². The van der Waals surface area contributed by atoms with Crippen molar-refractivity contribution < 1.29 is 23.5 Å². The summed E-state index contributed by atoms with van der Waals surface area (Å²) in [4.78, 5) is 25.1. The monoisotopic (exact) mass is 420 g/mol. The summed E-state index contributed by atoms with van der Waals surface area (Å²) in [6.07, 6.45) is 2.87. The van der Waals surface area contributed by atoms with Crippen LogP contribution in [-0.4, -0.2) is 34.5 Å². The van der Waals surface area contributed by atoms with Crippen LogP contribution in [0.1, 0.15) is 62.3 Å². The van der Waals surface area contributed by atoms with E-state index in [4.69, 9.17) is 5.11 Å². The van der Waals surface area contributed by atoms with Gasteiger partial charge in [0, 0.05) is 25.6 Å². The van der Waals surface area contributed by atoms with Gasteiger partial charge in [0.15, 0.2) is 0 Å². The number of carboxylic acid groups (broad SMARTS) is 1. The standard InChI is InChI=1S/C23H30F2N2O3/c1-14(2)19-10-20(26-22(30)27(13-19)7-6-21(28)29)18-5-4-17(15(3)8-18)9-16-11-23(24,25)12-16/h4-5,8,13-14,16,20H,6-7,9-12H2,1-3H3,(H,26,30)(H,28,29). The number of carbonyl (C=O) groups excluding carboxylic acids is 1. The number of carbonyl (C=O) groups is 2. The van der Waals surface area contributed by atoms with E-state index in [1.165, 1.54) is 4.90 Å². The van der Waals surface area contributed by atoms with Gasteiger partial charge in [0.25, 0.3) is 0 Å².